The fraction of sp³-hybridized carbons (Fsp3) is 0.364. The number of nitrogens with zero attached hydrogens (tertiary/aromatic N) is 2. The van der Waals surface area contributed by atoms with Crippen molar-refractivity contribution in [3.05, 3.63) is 30.1 Å². The maximum atomic E-state index is 11.6. The SMILES string of the molecule is CN(Cc1ccccn1)C(=O)C(O)[C@@H](O)C=O. The summed E-state index contributed by atoms with van der Waals surface area (Å²) in [6.45, 7) is 0.197. The van der Waals surface area contributed by atoms with Crippen LogP contribution in [-0.2, 0) is 16.1 Å². The molecule has 92 valence electrons. The molecule has 2 N–H and O–H groups in total. The topological polar surface area (TPSA) is 90.7 Å². The maximum absolute atomic E-state index is 11.6. The zero-order valence-corrected chi connectivity index (χ0v) is 9.35. The van der Waals surface area contributed by atoms with Crippen LogP contribution in [0.3, 0.4) is 0 Å². The van der Waals surface area contributed by atoms with Gasteiger partial charge in [0.15, 0.2) is 12.4 Å². The van der Waals surface area contributed by atoms with Gasteiger partial charge in [0.2, 0.25) is 0 Å². The number of aliphatic hydroxyl groups excluding tert-OH is 2. The molecule has 1 heterocycles. The number of aldehydes is 1. The van der Waals surface area contributed by atoms with Gasteiger partial charge in [-0.2, -0.15) is 0 Å². The number of hydrogen-bond donors (Lipinski definition) is 2. The summed E-state index contributed by atoms with van der Waals surface area (Å²) in [5, 5.41) is 18.4. The number of rotatable bonds is 5. The lowest BCUT2D eigenvalue weighted by atomic mass is 10.2. The van der Waals surface area contributed by atoms with E-state index < -0.39 is 18.1 Å². The second-order valence-corrected chi connectivity index (χ2v) is 3.59. The normalized spacial score (nSPS) is 13.8. The van der Waals surface area contributed by atoms with Gasteiger partial charge in [-0.3, -0.25) is 9.78 Å². The highest BCUT2D eigenvalue weighted by Crippen LogP contribution is 2.03. The van der Waals surface area contributed by atoms with Crippen molar-refractivity contribution in [1.82, 2.24) is 9.88 Å². The molecule has 0 spiro atoms. The molecular weight excluding hydrogens is 224 g/mol. The number of carbonyl (C=O) groups excluding carboxylic acids is 2. The zero-order valence-electron chi connectivity index (χ0n) is 9.35. The standard InChI is InChI=1S/C11H14N2O4/c1-13(6-8-4-2-3-5-12-8)11(17)10(16)9(15)7-14/h2-5,7,9-10,15-16H,6H2,1H3/t9-,10?/m0/s1. The van der Waals surface area contributed by atoms with Gasteiger partial charge in [-0.25, -0.2) is 0 Å². The highest BCUT2D eigenvalue weighted by Gasteiger charge is 2.26. The van der Waals surface area contributed by atoms with Crippen molar-refractivity contribution in [1.29, 1.82) is 0 Å². The summed E-state index contributed by atoms with van der Waals surface area (Å²) >= 11 is 0. The Bertz CT molecular complexity index is 382. The van der Waals surface area contributed by atoms with Crippen LogP contribution in [0, 0.1) is 0 Å². The van der Waals surface area contributed by atoms with Crippen LogP contribution in [0.2, 0.25) is 0 Å². The Morgan fingerprint density at radius 3 is 2.76 bits per heavy atom. The Labute approximate surface area is 98.5 Å². The highest BCUT2D eigenvalue weighted by atomic mass is 16.3. The predicted octanol–water partition coefficient (Wildman–Crippen LogP) is -1.04. The van der Waals surface area contributed by atoms with E-state index in [4.69, 9.17) is 5.11 Å². The van der Waals surface area contributed by atoms with Gasteiger partial charge in [-0.1, -0.05) is 6.07 Å². The van der Waals surface area contributed by atoms with E-state index in [2.05, 4.69) is 4.98 Å². The lowest BCUT2D eigenvalue weighted by Crippen LogP contribution is -2.43. The van der Waals surface area contributed by atoms with E-state index in [9.17, 15) is 14.7 Å². The molecule has 1 amide bonds. The average Bonchev–Trinajstić information content (AvgIpc) is 2.37. The summed E-state index contributed by atoms with van der Waals surface area (Å²) in [6, 6.07) is 5.25. The summed E-state index contributed by atoms with van der Waals surface area (Å²) in [4.78, 5) is 27.0. The first-order chi connectivity index (χ1) is 8.06. The van der Waals surface area contributed by atoms with Crippen molar-refractivity contribution in [2.45, 2.75) is 18.8 Å². The minimum atomic E-state index is -1.73. The lowest BCUT2D eigenvalue weighted by molar-refractivity contribution is -0.148. The Morgan fingerprint density at radius 2 is 2.24 bits per heavy atom. The third kappa shape index (κ3) is 3.61. The Morgan fingerprint density at radius 1 is 1.53 bits per heavy atom. The van der Waals surface area contributed by atoms with Crippen molar-refractivity contribution >= 4 is 12.2 Å². The lowest BCUT2D eigenvalue weighted by Gasteiger charge is -2.21. The predicted molar refractivity (Wildman–Crippen MR) is 58.8 cm³/mol. The number of likely N-dealkylation sites (N-methyl/N-ethyl adjacent to an activating group) is 1. The van der Waals surface area contributed by atoms with Crippen molar-refractivity contribution in [2.75, 3.05) is 7.05 Å². The van der Waals surface area contributed by atoms with Crippen LogP contribution in [0.4, 0.5) is 0 Å². The Hall–Kier alpha value is -1.79. The summed E-state index contributed by atoms with van der Waals surface area (Å²) < 4.78 is 0. The zero-order chi connectivity index (χ0) is 12.8. The van der Waals surface area contributed by atoms with Gasteiger partial charge in [-0.05, 0) is 12.1 Å². The van der Waals surface area contributed by atoms with Gasteiger partial charge in [-0.15, -0.1) is 0 Å². The van der Waals surface area contributed by atoms with Crippen LogP contribution in [0.15, 0.2) is 24.4 Å². The van der Waals surface area contributed by atoms with E-state index in [1.54, 1.807) is 24.4 Å². The van der Waals surface area contributed by atoms with Gasteiger partial charge in [0.25, 0.3) is 5.91 Å². The molecule has 0 bridgehead atoms. The van der Waals surface area contributed by atoms with Gasteiger partial charge >= 0.3 is 0 Å². The highest BCUT2D eigenvalue weighted by molar-refractivity contribution is 5.84. The van der Waals surface area contributed by atoms with Crippen LogP contribution in [0.5, 0.6) is 0 Å². The first kappa shape index (κ1) is 13.3. The van der Waals surface area contributed by atoms with Crippen LogP contribution >= 0.6 is 0 Å². The van der Waals surface area contributed by atoms with E-state index in [-0.39, 0.29) is 12.8 Å². The van der Waals surface area contributed by atoms with E-state index in [1.165, 1.54) is 11.9 Å². The van der Waals surface area contributed by atoms with Crippen LogP contribution in [0.1, 0.15) is 5.69 Å². The van der Waals surface area contributed by atoms with Crippen molar-refractivity contribution in [2.24, 2.45) is 0 Å². The second-order valence-electron chi connectivity index (χ2n) is 3.59. The molecule has 0 saturated carbocycles. The molecule has 0 aliphatic carbocycles. The molecule has 1 aromatic rings. The smallest absolute Gasteiger partial charge is 0.254 e. The largest absolute Gasteiger partial charge is 0.382 e. The minimum absolute atomic E-state index is 0.122. The van der Waals surface area contributed by atoms with Crippen LogP contribution < -0.4 is 0 Å². The number of carbonyl (C=O) groups is 2. The van der Waals surface area contributed by atoms with E-state index in [0.29, 0.717) is 5.69 Å². The molecule has 0 fully saturated rings. The third-order valence-electron chi connectivity index (χ3n) is 2.22. The van der Waals surface area contributed by atoms with Gasteiger partial charge < -0.3 is 19.9 Å². The number of amides is 1. The first-order valence-electron chi connectivity index (χ1n) is 5.02. The number of aromatic nitrogens is 1. The molecule has 0 aliphatic heterocycles. The molecule has 2 atom stereocenters. The summed E-state index contributed by atoms with van der Waals surface area (Å²) in [5.74, 6) is -0.727. The molecule has 0 saturated heterocycles. The quantitative estimate of drug-likeness (QED) is 0.639. The molecule has 1 rings (SSSR count). The van der Waals surface area contributed by atoms with Crippen molar-refractivity contribution < 1.29 is 19.8 Å². The second kappa shape index (κ2) is 6.07. The summed E-state index contributed by atoms with van der Waals surface area (Å²) in [5.41, 5.74) is 0.649. The molecule has 17 heavy (non-hydrogen) atoms. The molecule has 0 aromatic carbocycles. The average molecular weight is 238 g/mol. The van der Waals surface area contributed by atoms with Crippen LogP contribution in [0.25, 0.3) is 0 Å². The van der Waals surface area contributed by atoms with E-state index in [1.807, 2.05) is 0 Å². The summed E-state index contributed by atoms with van der Waals surface area (Å²) in [6.07, 6.45) is -1.73. The molecule has 0 aliphatic rings. The molecular formula is C11H14N2O4. The molecule has 6 nitrogen and oxygen atoms in total. The molecule has 1 aromatic heterocycles. The number of hydrogen-bond acceptors (Lipinski definition) is 5. The number of pyridine rings is 1. The first-order valence-corrected chi connectivity index (χ1v) is 5.02. The summed E-state index contributed by atoms with van der Waals surface area (Å²) in [7, 11) is 1.46. The number of aliphatic hydroxyl groups is 2. The third-order valence-corrected chi connectivity index (χ3v) is 2.22. The molecule has 6 heteroatoms. The molecule has 0 radical (unpaired) electrons. The fourth-order valence-electron chi connectivity index (χ4n) is 1.26. The van der Waals surface area contributed by atoms with E-state index in [0.717, 1.165) is 0 Å². The monoisotopic (exact) mass is 238 g/mol. The maximum Gasteiger partial charge on any atom is 0.254 e. The van der Waals surface area contributed by atoms with Crippen LogP contribution in [-0.4, -0.2) is 51.5 Å². The van der Waals surface area contributed by atoms with E-state index >= 15 is 0 Å². The minimum Gasteiger partial charge on any atom is -0.382 e. The fourth-order valence-corrected chi connectivity index (χ4v) is 1.26. The van der Waals surface area contributed by atoms with Gasteiger partial charge in [0.05, 0.1) is 12.2 Å². The Kier molecular flexibility index (Phi) is 4.74. The van der Waals surface area contributed by atoms with Crippen molar-refractivity contribution in [3.8, 4) is 0 Å². The van der Waals surface area contributed by atoms with Gasteiger partial charge in [0.1, 0.15) is 6.10 Å². The van der Waals surface area contributed by atoms with Gasteiger partial charge in [0, 0.05) is 13.2 Å². The van der Waals surface area contributed by atoms with Crippen molar-refractivity contribution in [3.63, 3.8) is 0 Å². The molecule has 1 unspecified atom stereocenters. The Balaban J connectivity index is 2.61.